The predicted molar refractivity (Wildman–Crippen MR) is 398 cm³/mol. The van der Waals surface area contributed by atoms with Gasteiger partial charge in [-0.25, -0.2) is 4.98 Å². The van der Waals surface area contributed by atoms with Crippen molar-refractivity contribution in [3.63, 3.8) is 0 Å². The topological polar surface area (TPSA) is 469 Å². The third kappa shape index (κ3) is 30.9. The second-order valence-corrected chi connectivity index (χ2v) is 28.2. The van der Waals surface area contributed by atoms with E-state index in [0.717, 1.165) is 18.4 Å². The Morgan fingerprint density at radius 3 is 1.69 bits per heavy atom. The van der Waals surface area contributed by atoms with Crippen molar-refractivity contribution in [2.75, 3.05) is 26.2 Å². The molecule has 9 atom stereocenters. The lowest BCUT2D eigenvalue weighted by Crippen LogP contribution is -2.61. The number of fused-ring (bicyclic) bond motifs is 1. The molecular weight excluding hydrogens is 1350 g/mol. The predicted octanol–water partition coefficient (Wildman–Crippen LogP) is 4.11. The lowest BCUT2D eigenvalue weighted by Gasteiger charge is -2.31. The molecule has 2 aliphatic heterocycles. The SMILES string of the molecule is CCCCCCCCCCCCCCCC(=O)O.CCNC(=O)[C@@H]1CCCN1C(=O)[C@H](CCCN=C(N)N)NC(=O)[C@H](CC(C)C)NC(=O)[C@@H](CC(C)C)NC(=O)[C@H](Cc1ccc(O)cc1)NC(=O)[C@H](CO)NC(=O)[C@H](Cc1c[nH]c2ccccc12)NC(=O)[C@H](Cc1cnc[nH]1)NC(=O)[C@@H]1CCC(=O)N1. The molecule has 0 unspecified atom stereocenters. The number of phenols is 1. The van der Waals surface area contributed by atoms with Crippen molar-refractivity contribution in [2.45, 2.75) is 256 Å². The zero-order valence-corrected chi connectivity index (χ0v) is 62.0. The van der Waals surface area contributed by atoms with E-state index in [9.17, 15) is 63.0 Å². The van der Waals surface area contributed by atoms with E-state index in [4.69, 9.17) is 16.6 Å². The number of H-pyrrole nitrogens is 2. The van der Waals surface area contributed by atoms with Crippen LogP contribution in [0.3, 0.4) is 0 Å². The number of aliphatic imine (C=N–C) groups is 1. The molecule has 2 saturated heterocycles. The number of rotatable bonds is 46. The van der Waals surface area contributed by atoms with Crippen LogP contribution in [0.25, 0.3) is 10.9 Å². The number of aromatic hydroxyl groups is 1. The molecule has 2 aromatic heterocycles. The number of aliphatic hydroxyl groups excluding tert-OH is 1. The maximum absolute atomic E-state index is 14.7. The van der Waals surface area contributed by atoms with Gasteiger partial charge in [0, 0.05) is 80.7 Å². The van der Waals surface area contributed by atoms with E-state index >= 15 is 0 Å². The van der Waals surface area contributed by atoms with Gasteiger partial charge in [-0.05, 0) is 99.5 Å². The van der Waals surface area contributed by atoms with Crippen molar-refractivity contribution in [3.05, 3.63) is 84.1 Å². The minimum atomic E-state index is -1.75. The first-order valence-electron chi connectivity index (χ1n) is 37.5. The molecule has 10 amide bonds. The monoisotopic (exact) mass is 1460 g/mol. The summed E-state index contributed by atoms with van der Waals surface area (Å²) in [6.07, 6.45) is 23.1. The van der Waals surface area contributed by atoms with E-state index < -0.39 is 114 Å². The van der Waals surface area contributed by atoms with Crippen molar-refractivity contribution < 1.29 is 68.1 Å². The standard InChI is InChI=1S/C59H84N16O12.C16H32O2/c1-6-63-57(86)48-14-10-22-75(48)58(87)41(13-9-21-64-59(60)61)68-51(80)42(23-32(2)3)69-52(81)43(24-33(4)5)70-53(82)44(25-34-15-17-37(77)18-16-34)71-56(85)47(30-76)74-54(83)45(26-35-28-65-39-12-8-7-11-38(35)39)72-55(84)46(27-36-29-62-31-66-36)73-50(79)40-19-20-49(78)67-40;1-2-3-4-5-6-7-8-9-10-11-12-13-14-15-16(17)18/h7-8,11-12,15-18,28-29,31-33,40-48,65,76-77H,6,9-10,13-14,19-27,30H2,1-5H3,(H,62,66)(H,63,86)(H,67,78)(H,68,80)(H,69,81)(H,70,82)(H,71,85)(H,72,84)(H,73,79)(H,74,83)(H4,60,61,64);2-15H2,1H3,(H,17,18)/t40-,41-,42-,43+,44-,45-,46-,47-,48-;/m0./s1. The van der Waals surface area contributed by atoms with Gasteiger partial charge < -0.3 is 89.5 Å². The molecule has 2 aromatic carbocycles. The molecule has 4 heterocycles. The van der Waals surface area contributed by atoms with Gasteiger partial charge in [0.1, 0.15) is 60.1 Å². The normalized spacial score (nSPS) is 16.0. The number of likely N-dealkylation sites (tertiary alicyclic amines) is 1. The van der Waals surface area contributed by atoms with Gasteiger partial charge in [-0.2, -0.15) is 0 Å². The van der Waals surface area contributed by atoms with Gasteiger partial charge in [0.2, 0.25) is 59.1 Å². The number of hydrogen-bond acceptors (Lipinski definition) is 15. The highest BCUT2D eigenvalue weighted by atomic mass is 16.4. The number of aromatic nitrogens is 3. The number of benzene rings is 2. The quantitative estimate of drug-likeness (QED) is 0.0168. The Labute approximate surface area is 615 Å². The molecule has 105 heavy (non-hydrogen) atoms. The van der Waals surface area contributed by atoms with Crippen LogP contribution in [-0.2, 0) is 72.0 Å². The van der Waals surface area contributed by atoms with E-state index in [1.54, 1.807) is 45.2 Å². The smallest absolute Gasteiger partial charge is 0.303 e. The first-order chi connectivity index (χ1) is 50.3. The number of unbranched alkanes of at least 4 members (excludes halogenated alkanes) is 12. The summed E-state index contributed by atoms with van der Waals surface area (Å²) in [5.74, 6) is -8.21. The molecule has 30 nitrogen and oxygen atoms in total. The third-order valence-electron chi connectivity index (χ3n) is 18.4. The first-order valence-corrected chi connectivity index (χ1v) is 37.5. The number of guanidine groups is 1. The fourth-order valence-corrected chi connectivity index (χ4v) is 12.8. The zero-order chi connectivity index (χ0) is 76.8. The van der Waals surface area contributed by atoms with Crippen LogP contribution < -0.4 is 59.3 Å². The maximum atomic E-state index is 14.7. The Hall–Kier alpha value is -9.61. The summed E-state index contributed by atoms with van der Waals surface area (Å²) in [6.45, 7) is 11.1. The number of carboxylic acid groups (broad SMARTS) is 1. The average Bonchev–Trinajstić information content (AvgIpc) is 1.73. The van der Waals surface area contributed by atoms with Crippen molar-refractivity contribution in [2.24, 2.45) is 28.3 Å². The number of aromatic amines is 2. The lowest BCUT2D eigenvalue weighted by atomic mass is 9.98. The second kappa shape index (κ2) is 46.3. The summed E-state index contributed by atoms with van der Waals surface area (Å²) in [7, 11) is 0. The van der Waals surface area contributed by atoms with Gasteiger partial charge in [-0.1, -0.05) is 142 Å². The number of carbonyl (C=O) groups excluding carboxylic acids is 10. The molecule has 2 fully saturated rings. The number of amides is 10. The summed E-state index contributed by atoms with van der Waals surface area (Å²) < 4.78 is 0. The Morgan fingerprint density at radius 1 is 0.619 bits per heavy atom. The maximum Gasteiger partial charge on any atom is 0.303 e. The number of nitrogens with zero attached hydrogens (tertiary/aromatic N) is 3. The number of aliphatic carboxylic acids is 1. The molecule has 0 saturated carbocycles. The Morgan fingerprint density at radius 2 is 1.15 bits per heavy atom. The highest BCUT2D eigenvalue weighted by Gasteiger charge is 2.40. The number of carbonyl (C=O) groups is 11. The van der Waals surface area contributed by atoms with E-state index in [-0.39, 0.29) is 106 Å². The molecule has 4 aromatic rings. The Balaban J connectivity index is 0.000000964. The fraction of sp³-hybridized carbons (Fsp3) is 0.613. The molecule has 0 spiro atoms. The van der Waals surface area contributed by atoms with Gasteiger partial charge in [0.15, 0.2) is 5.96 Å². The summed E-state index contributed by atoms with van der Waals surface area (Å²) >= 11 is 0. The molecule has 2 aliphatic rings. The molecule has 18 N–H and O–H groups in total. The van der Waals surface area contributed by atoms with Crippen molar-refractivity contribution in [1.29, 1.82) is 0 Å². The molecular formula is C75H116N16O14. The van der Waals surface area contributed by atoms with Gasteiger partial charge in [0.05, 0.1) is 12.9 Å². The third-order valence-corrected chi connectivity index (χ3v) is 18.4. The number of imidazole rings is 1. The van der Waals surface area contributed by atoms with Crippen molar-refractivity contribution >= 4 is 81.9 Å². The number of phenolic OH excluding ortho intramolecular Hbond substituents is 1. The summed E-state index contributed by atoms with van der Waals surface area (Å²) in [4.78, 5) is 165. The van der Waals surface area contributed by atoms with Crippen molar-refractivity contribution in [3.8, 4) is 5.75 Å². The summed E-state index contributed by atoms with van der Waals surface area (Å²) in [6, 6.07) is 1.58. The van der Waals surface area contributed by atoms with E-state index in [2.05, 4.69) is 74.7 Å². The number of aliphatic hydroxyl groups is 1. The number of likely N-dealkylation sites (N-methyl/N-ethyl adjacent to an activating group) is 1. The molecule has 6 rings (SSSR count). The molecule has 580 valence electrons. The number of nitrogens with two attached hydrogens (primary N) is 2. The second-order valence-electron chi connectivity index (χ2n) is 28.2. The summed E-state index contributed by atoms with van der Waals surface area (Å²) in [5, 5.41) is 54.4. The van der Waals surface area contributed by atoms with E-state index in [1.165, 1.54) is 112 Å². The van der Waals surface area contributed by atoms with E-state index in [0.29, 0.717) is 48.0 Å². The largest absolute Gasteiger partial charge is 0.508 e. The van der Waals surface area contributed by atoms with Crippen LogP contribution >= 0.6 is 0 Å². The van der Waals surface area contributed by atoms with E-state index in [1.807, 2.05) is 19.9 Å². The highest BCUT2D eigenvalue weighted by molar-refractivity contribution is 5.99. The molecule has 0 aliphatic carbocycles. The highest BCUT2D eigenvalue weighted by Crippen LogP contribution is 2.23. The Kier molecular flexibility index (Phi) is 37.9. The van der Waals surface area contributed by atoms with Crippen LogP contribution in [0.5, 0.6) is 5.75 Å². The van der Waals surface area contributed by atoms with Crippen LogP contribution in [0.4, 0.5) is 0 Å². The first kappa shape index (κ1) is 86.0. The number of nitrogens with one attached hydrogen (secondary N) is 11. The minimum Gasteiger partial charge on any atom is -0.508 e. The fourth-order valence-electron chi connectivity index (χ4n) is 12.8. The number of carboxylic acids is 1. The van der Waals surface area contributed by atoms with Crippen LogP contribution in [-0.4, -0.2) is 187 Å². The van der Waals surface area contributed by atoms with Gasteiger partial charge in [-0.15, -0.1) is 0 Å². The number of hydrogen-bond donors (Lipinski definition) is 16. The van der Waals surface area contributed by atoms with Gasteiger partial charge in [0.25, 0.3) is 0 Å². The Bertz CT molecular complexity index is 3430. The molecule has 0 radical (unpaired) electrons. The molecule has 0 bridgehead atoms. The lowest BCUT2D eigenvalue weighted by molar-refractivity contribution is -0.142. The van der Waals surface area contributed by atoms with Crippen LogP contribution in [0.15, 0.2) is 72.2 Å². The minimum absolute atomic E-state index is 0.0397. The van der Waals surface area contributed by atoms with Crippen molar-refractivity contribution in [1.82, 2.24) is 67.7 Å². The van der Waals surface area contributed by atoms with Gasteiger partial charge >= 0.3 is 5.97 Å². The van der Waals surface area contributed by atoms with Crippen LogP contribution in [0.2, 0.25) is 0 Å². The number of para-hydroxylation sites is 1. The molecule has 30 heteroatoms. The van der Waals surface area contributed by atoms with Crippen LogP contribution in [0.1, 0.15) is 200 Å². The average molecular weight is 1470 g/mol. The summed E-state index contributed by atoms with van der Waals surface area (Å²) in [5.41, 5.74) is 13.3. The van der Waals surface area contributed by atoms with Crippen LogP contribution in [0, 0.1) is 11.8 Å². The zero-order valence-electron chi connectivity index (χ0n) is 62.0. The van der Waals surface area contributed by atoms with Gasteiger partial charge in [-0.3, -0.25) is 57.7 Å².